The molecule has 4 heteroatoms. The largest absolute Gasteiger partial charge is 0.396 e. The maximum atomic E-state index is 13.3. The first kappa shape index (κ1) is 13.2. The maximum Gasteiger partial charge on any atom is 0.280 e. The van der Waals surface area contributed by atoms with E-state index in [4.69, 9.17) is 5.11 Å². The highest BCUT2D eigenvalue weighted by Crippen LogP contribution is 2.24. The average molecular weight is 229 g/mol. The molecule has 2 atom stereocenters. The SMILES string of the molecule is CC(C)=C(F)C(=O)NC1CCCCC1CO. The Bertz CT molecular complexity index is 285. The highest BCUT2D eigenvalue weighted by Gasteiger charge is 2.26. The Kier molecular flexibility index (Phi) is 4.93. The van der Waals surface area contributed by atoms with Crippen LogP contribution in [-0.4, -0.2) is 23.7 Å². The normalized spacial score (nSPS) is 25.0. The van der Waals surface area contributed by atoms with Gasteiger partial charge in [0.2, 0.25) is 0 Å². The van der Waals surface area contributed by atoms with E-state index in [-0.39, 0.29) is 18.6 Å². The van der Waals surface area contributed by atoms with Gasteiger partial charge in [0.1, 0.15) is 0 Å². The molecule has 0 aromatic carbocycles. The first-order valence-electron chi connectivity index (χ1n) is 5.81. The average Bonchev–Trinajstić information content (AvgIpc) is 2.28. The summed E-state index contributed by atoms with van der Waals surface area (Å²) in [5, 5.41) is 11.8. The summed E-state index contributed by atoms with van der Waals surface area (Å²) >= 11 is 0. The second kappa shape index (κ2) is 5.99. The number of carbonyl (C=O) groups excluding carboxylic acids is 1. The Morgan fingerprint density at radius 2 is 2.00 bits per heavy atom. The molecule has 0 aliphatic heterocycles. The number of allylic oxidation sites excluding steroid dienone is 1. The Morgan fingerprint density at radius 1 is 1.38 bits per heavy atom. The van der Waals surface area contributed by atoms with E-state index in [2.05, 4.69) is 5.32 Å². The summed E-state index contributed by atoms with van der Waals surface area (Å²) in [6.07, 6.45) is 3.82. The predicted molar refractivity (Wildman–Crippen MR) is 60.5 cm³/mol. The lowest BCUT2D eigenvalue weighted by molar-refractivity contribution is -0.120. The van der Waals surface area contributed by atoms with E-state index in [1.165, 1.54) is 0 Å². The number of halogens is 1. The van der Waals surface area contributed by atoms with Crippen LogP contribution in [0.25, 0.3) is 0 Å². The zero-order valence-electron chi connectivity index (χ0n) is 9.92. The molecular weight excluding hydrogens is 209 g/mol. The van der Waals surface area contributed by atoms with E-state index in [1.54, 1.807) is 13.8 Å². The number of hydrogen-bond donors (Lipinski definition) is 2. The fourth-order valence-corrected chi connectivity index (χ4v) is 2.08. The summed E-state index contributed by atoms with van der Waals surface area (Å²) in [5.74, 6) is -1.28. The van der Waals surface area contributed by atoms with Crippen LogP contribution in [0.3, 0.4) is 0 Å². The van der Waals surface area contributed by atoms with Crippen molar-refractivity contribution in [3.05, 3.63) is 11.4 Å². The maximum absolute atomic E-state index is 13.3. The number of hydrogen-bond acceptors (Lipinski definition) is 2. The molecule has 92 valence electrons. The quantitative estimate of drug-likeness (QED) is 0.726. The van der Waals surface area contributed by atoms with E-state index in [1.807, 2.05) is 0 Å². The summed E-state index contributed by atoms with van der Waals surface area (Å²) in [5.41, 5.74) is 0.383. The van der Waals surface area contributed by atoms with Gasteiger partial charge in [-0.25, -0.2) is 4.39 Å². The number of nitrogens with one attached hydrogen (secondary N) is 1. The van der Waals surface area contributed by atoms with Crippen LogP contribution < -0.4 is 5.32 Å². The molecule has 0 aromatic heterocycles. The summed E-state index contributed by atoms with van der Waals surface area (Å²) in [6, 6.07) is -0.0867. The third-order valence-electron chi connectivity index (χ3n) is 3.10. The number of amides is 1. The molecule has 16 heavy (non-hydrogen) atoms. The van der Waals surface area contributed by atoms with Gasteiger partial charge < -0.3 is 10.4 Å². The van der Waals surface area contributed by atoms with Crippen LogP contribution in [0.15, 0.2) is 11.4 Å². The van der Waals surface area contributed by atoms with Crippen molar-refractivity contribution in [2.24, 2.45) is 5.92 Å². The first-order valence-corrected chi connectivity index (χ1v) is 5.81. The second-order valence-electron chi connectivity index (χ2n) is 4.62. The molecule has 0 saturated heterocycles. The molecule has 0 radical (unpaired) electrons. The number of aliphatic hydroxyl groups excluding tert-OH is 1. The number of rotatable bonds is 3. The van der Waals surface area contributed by atoms with Gasteiger partial charge in [0, 0.05) is 18.6 Å². The van der Waals surface area contributed by atoms with Gasteiger partial charge in [0.05, 0.1) is 0 Å². The van der Waals surface area contributed by atoms with Crippen molar-refractivity contribution in [2.75, 3.05) is 6.61 Å². The second-order valence-corrected chi connectivity index (χ2v) is 4.62. The van der Waals surface area contributed by atoms with Crippen molar-refractivity contribution in [1.29, 1.82) is 0 Å². The summed E-state index contributed by atoms with van der Waals surface area (Å²) in [4.78, 5) is 11.5. The monoisotopic (exact) mass is 229 g/mol. The van der Waals surface area contributed by atoms with Gasteiger partial charge >= 0.3 is 0 Å². The van der Waals surface area contributed by atoms with Crippen molar-refractivity contribution in [3.8, 4) is 0 Å². The van der Waals surface area contributed by atoms with Crippen LogP contribution in [0.4, 0.5) is 4.39 Å². The third-order valence-corrected chi connectivity index (χ3v) is 3.10. The lowest BCUT2D eigenvalue weighted by Crippen LogP contribution is -2.43. The molecule has 1 aliphatic rings. The molecule has 0 spiro atoms. The van der Waals surface area contributed by atoms with Crippen LogP contribution in [0.2, 0.25) is 0 Å². The van der Waals surface area contributed by atoms with E-state index in [0.29, 0.717) is 5.57 Å². The Morgan fingerprint density at radius 3 is 2.56 bits per heavy atom. The van der Waals surface area contributed by atoms with Gasteiger partial charge in [-0.3, -0.25) is 4.79 Å². The minimum Gasteiger partial charge on any atom is -0.396 e. The molecule has 0 heterocycles. The molecule has 1 saturated carbocycles. The molecule has 1 amide bonds. The molecular formula is C12H20FNO2. The minimum absolute atomic E-state index is 0.0569. The van der Waals surface area contributed by atoms with Crippen LogP contribution in [0.5, 0.6) is 0 Å². The van der Waals surface area contributed by atoms with Crippen LogP contribution in [-0.2, 0) is 4.79 Å². The smallest absolute Gasteiger partial charge is 0.280 e. The van der Waals surface area contributed by atoms with Crippen molar-refractivity contribution >= 4 is 5.91 Å². The van der Waals surface area contributed by atoms with Gasteiger partial charge in [0.25, 0.3) is 5.91 Å². The highest BCUT2D eigenvalue weighted by atomic mass is 19.1. The van der Waals surface area contributed by atoms with Crippen LogP contribution in [0, 0.1) is 5.92 Å². The first-order chi connectivity index (χ1) is 7.56. The molecule has 1 rings (SSSR count). The lowest BCUT2D eigenvalue weighted by atomic mass is 9.85. The third kappa shape index (κ3) is 3.30. The fourth-order valence-electron chi connectivity index (χ4n) is 2.08. The zero-order chi connectivity index (χ0) is 12.1. The Hall–Kier alpha value is -0.900. The number of aliphatic hydroxyl groups is 1. The molecule has 1 fully saturated rings. The molecule has 2 unspecified atom stereocenters. The Labute approximate surface area is 95.7 Å². The summed E-state index contributed by atoms with van der Waals surface area (Å²) in [7, 11) is 0. The predicted octanol–water partition coefficient (Wildman–Crippen LogP) is 1.92. The van der Waals surface area contributed by atoms with E-state index in [0.717, 1.165) is 25.7 Å². The Balaban J connectivity index is 2.58. The zero-order valence-corrected chi connectivity index (χ0v) is 9.92. The van der Waals surface area contributed by atoms with Gasteiger partial charge in [0.15, 0.2) is 5.83 Å². The molecule has 2 N–H and O–H groups in total. The van der Waals surface area contributed by atoms with Crippen molar-refractivity contribution in [1.82, 2.24) is 5.32 Å². The van der Waals surface area contributed by atoms with Crippen LogP contribution >= 0.6 is 0 Å². The van der Waals surface area contributed by atoms with E-state index >= 15 is 0 Å². The van der Waals surface area contributed by atoms with Crippen molar-refractivity contribution in [2.45, 2.75) is 45.6 Å². The fraction of sp³-hybridized carbons (Fsp3) is 0.750. The molecule has 0 aromatic rings. The van der Waals surface area contributed by atoms with E-state index < -0.39 is 11.7 Å². The van der Waals surface area contributed by atoms with Crippen molar-refractivity contribution in [3.63, 3.8) is 0 Å². The van der Waals surface area contributed by atoms with Gasteiger partial charge in [-0.1, -0.05) is 12.8 Å². The van der Waals surface area contributed by atoms with Crippen LogP contribution in [0.1, 0.15) is 39.5 Å². The van der Waals surface area contributed by atoms with Gasteiger partial charge in [-0.15, -0.1) is 0 Å². The lowest BCUT2D eigenvalue weighted by Gasteiger charge is -2.30. The highest BCUT2D eigenvalue weighted by molar-refractivity contribution is 5.92. The molecule has 1 aliphatic carbocycles. The van der Waals surface area contributed by atoms with Crippen molar-refractivity contribution < 1.29 is 14.3 Å². The number of carbonyl (C=O) groups is 1. The minimum atomic E-state index is -0.706. The van der Waals surface area contributed by atoms with E-state index in [9.17, 15) is 9.18 Å². The summed E-state index contributed by atoms with van der Waals surface area (Å²) < 4.78 is 13.3. The summed E-state index contributed by atoms with van der Waals surface area (Å²) in [6.45, 7) is 3.19. The topological polar surface area (TPSA) is 49.3 Å². The molecule has 3 nitrogen and oxygen atoms in total. The van der Waals surface area contributed by atoms with Gasteiger partial charge in [-0.2, -0.15) is 0 Å². The van der Waals surface area contributed by atoms with Gasteiger partial charge in [-0.05, 0) is 32.3 Å². The molecule has 0 bridgehead atoms. The standard InChI is InChI=1S/C12H20FNO2/c1-8(2)11(13)12(16)14-10-6-4-3-5-9(10)7-15/h9-10,15H,3-7H2,1-2H3,(H,14,16).